The standard InChI is InChI=1S/C21H26N4O7S/c1-5-31-21(28)17-14-8-6-7-9-15(14)33-20(17)22-19(27)13(4)32-16(26)10-24-12(3)18(25(29)30)11(2)23-24/h13H,5-10H2,1-4H3,(H,22,27). The van der Waals surface area contributed by atoms with Crippen LogP contribution in [0.4, 0.5) is 10.7 Å². The molecule has 33 heavy (non-hydrogen) atoms. The second-order valence-corrected chi connectivity index (χ2v) is 8.80. The maximum Gasteiger partial charge on any atom is 0.341 e. The van der Waals surface area contributed by atoms with Crippen LogP contribution in [0.1, 0.15) is 58.9 Å². The summed E-state index contributed by atoms with van der Waals surface area (Å²) < 4.78 is 11.6. The highest BCUT2D eigenvalue weighted by Crippen LogP contribution is 2.38. The Bertz CT molecular complexity index is 1100. The number of carbonyl (C=O) groups excluding carboxylic acids is 3. The maximum absolute atomic E-state index is 12.7. The molecule has 1 aliphatic carbocycles. The summed E-state index contributed by atoms with van der Waals surface area (Å²) in [5.74, 6) is -1.84. The Balaban J connectivity index is 1.69. The molecule has 178 valence electrons. The molecule has 1 unspecified atom stereocenters. The number of nitrogens with one attached hydrogen (secondary N) is 1. The Morgan fingerprint density at radius 3 is 2.61 bits per heavy atom. The van der Waals surface area contributed by atoms with Crippen molar-refractivity contribution in [3.63, 3.8) is 0 Å². The van der Waals surface area contributed by atoms with Crippen LogP contribution in [-0.4, -0.2) is 45.3 Å². The van der Waals surface area contributed by atoms with E-state index in [-0.39, 0.29) is 30.2 Å². The van der Waals surface area contributed by atoms with E-state index in [1.165, 1.54) is 36.8 Å². The molecule has 0 fully saturated rings. The number of carbonyl (C=O) groups is 3. The lowest BCUT2D eigenvalue weighted by atomic mass is 9.95. The molecule has 0 bridgehead atoms. The molecule has 1 N–H and O–H groups in total. The van der Waals surface area contributed by atoms with E-state index in [2.05, 4.69) is 10.4 Å². The van der Waals surface area contributed by atoms with Gasteiger partial charge in [-0.1, -0.05) is 0 Å². The first kappa shape index (κ1) is 24.4. The first-order valence-corrected chi connectivity index (χ1v) is 11.5. The fourth-order valence-corrected chi connectivity index (χ4v) is 5.08. The Labute approximate surface area is 194 Å². The third kappa shape index (κ3) is 5.21. The lowest BCUT2D eigenvalue weighted by molar-refractivity contribution is -0.386. The molecule has 3 rings (SSSR count). The summed E-state index contributed by atoms with van der Waals surface area (Å²) in [7, 11) is 0. The number of fused-ring (bicyclic) bond motifs is 1. The van der Waals surface area contributed by atoms with Gasteiger partial charge in [0.15, 0.2) is 6.10 Å². The summed E-state index contributed by atoms with van der Waals surface area (Å²) in [6.07, 6.45) is 2.40. The lowest BCUT2D eigenvalue weighted by Gasteiger charge is -2.14. The average molecular weight is 479 g/mol. The van der Waals surface area contributed by atoms with Crippen LogP contribution in [0.15, 0.2) is 0 Å². The molecule has 11 nitrogen and oxygen atoms in total. The minimum absolute atomic E-state index is 0.165. The summed E-state index contributed by atoms with van der Waals surface area (Å²) in [6.45, 7) is 5.93. The van der Waals surface area contributed by atoms with Crippen LogP contribution in [-0.2, 0) is 38.4 Å². The topological polar surface area (TPSA) is 143 Å². The van der Waals surface area contributed by atoms with Crippen LogP contribution >= 0.6 is 11.3 Å². The highest BCUT2D eigenvalue weighted by Gasteiger charge is 2.29. The molecule has 2 heterocycles. The molecule has 0 aromatic carbocycles. The predicted octanol–water partition coefficient (Wildman–Crippen LogP) is 3.10. The number of esters is 2. The molecule has 0 saturated carbocycles. The van der Waals surface area contributed by atoms with Gasteiger partial charge in [-0.3, -0.25) is 24.4 Å². The number of amides is 1. The second-order valence-electron chi connectivity index (χ2n) is 7.69. The number of rotatable bonds is 8. The quantitative estimate of drug-likeness (QED) is 0.346. The van der Waals surface area contributed by atoms with Crippen LogP contribution < -0.4 is 5.32 Å². The van der Waals surface area contributed by atoms with Crippen LogP contribution in [0.25, 0.3) is 0 Å². The van der Waals surface area contributed by atoms with Gasteiger partial charge in [-0.15, -0.1) is 11.3 Å². The van der Waals surface area contributed by atoms with Crippen LogP contribution in [0.5, 0.6) is 0 Å². The van der Waals surface area contributed by atoms with E-state index in [0.717, 1.165) is 36.1 Å². The molecule has 1 amide bonds. The van der Waals surface area contributed by atoms with E-state index in [1.807, 2.05) is 0 Å². The van der Waals surface area contributed by atoms with Crippen LogP contribution in [0.2, 0.25) is 0 Å². The van der Waals surface area contributed by atoms with Gasteiger partial charge in [0.2, 0.25) is 0 Å². The first-order valence-electron chi connectivity index (χ1n) is 10.6. The third-order valence-corrected chi connectivity index (χ3v) is 6.58. The largest absolute Gasteiger partial charge is 0.462 e. The van der Waals surface area contributed by atoms with Crippen molar-refractivity contribution in [2.75, 3.05) is 11.9 Å². The van der Waals surface area contributed by atoms with Crippen molar-refractivity contribution in [3.8, 4) is 0 Å². The fourth-order valence-electron chi connectivity index (χ4n) is 3.80. The highest BCUT2D eigenvalue weighted by molar-refractivity contribution is 7.17. The first-order chi connectivity index (χ1) is 15.6. The van der Waals surface area contributed by atoms with Crippen molar-refractivity contribution in [1.82, 2.24) is 9.78 Å². The molecular weight excluding hydrogens is 452 g/mol. The molecule has 0 aliphatic heterocycles. The van der Waals surface area contributed by atoms with E-state index in [1.54, 1.807) is 6.92 Å². The predicted molar refractivity (Wildman–Crippen MR) is 119 cm³/mol. The number of aryl methyl sites for hydroxylation is 2. The third-order valence-electron chi connectivity index (χ3n) is 5.37. The van der Waals surface area contributed by atoms with Crippen molar-refractivity contribution in [3.05, 3.63) is 37.5 Å². The second kappa shape index (κ2) is 10.1. The molecule has 12 heteroatoms. The zero-order chi connectivity index (χ0) is 24.3. The van der Waals surface area contributed by atoms with Gasteiger partial charge in [-0.25, -0.2) is 4.79 Å². The SMILES string of the molecule is CCOC(=O)c1c(NC(=O)C(C)OC(=O)Cn2nc(C)c([N+](=O)[O-])c2C)sc2c1CCCC2. The van der Waals surface area contributed by atoms with E-state index in [9.17, 15) is 24.5 Å². The monoisotopic (exact) mass is 478 g/mol. The Kier molecular flexibility index (Phi) is 7.46. The van der Waals surface area contributed by atoms with Crippen molar-refractivity contribution in [1.29, 1.82) is 0 Å². The molecular formula is C21H26N4O7S. The van der Waals surface area contributed by atoms with Crippen molar-refractivity contribution in [2.24, 2.45) is 0 Å². The molecule has 0 spiro atoms. The van der Waals surface area contributed by atoms with Gasteiger partial charge >= 0.3 is 17.6 Å². The van der Waals surface area contributed by atoms with E-state index < -0.39 is 28.9 Å². The lowest BCUT2D eigenvalue weighted by Crippen LogP contribution is -2.31. The Morgan fingerprint density at radius 2 is 1.97 bits per heavy atom. The zero-order valence-electron chi connectivity index (χ0n) is 18.9. The average Bonchev–Trinajstić information content (AvgIpc) is 3.24. The number of ether oxygens (including phenoxy) is 2. The summed E-state index contributed by atoms with van der Waals surface area (Å²) in [6, 6.07) is 0. The summed E-state index contributed by atoms with van der Waals surface area (Å²) in [4.78, 5) is 49.2. The van der Waals surface area contributed by atoms with Gasteiger partial charge in [-0.05, 0) is 58.9 Å². The zero-order valence-corrected chi connectivity index (χ0v) is 19.7. The molecule has 2 aromatic rings. The van der Waals surface area contributed by atoms with Gasteiger partial charge in [0.1, 0.15) is 22.9 Å². The van der Waals surface area contributed by atoms with Crippen molar-refractivity contribution < 1.29 is 28.8 Å². The summed E-state index contributed by atoms with van der Waals surface area (Å²) in [5.41, 5.74) is 1.52. The van der Waals surface area contributed by atoms with Crippen LogP contribution in [0, 0.1) is 24.0 Å². The highest BCUT2D eigenvalue weighted by atomic mass is 32.1. The number of hydrogen-bond donors (Lipinski definition) is 1. The number of nitrogens with zero attached hydrogens (tertiary/aromatic N) is 3. The molecule has 0 saturated heterocycles. The summed E-state index contributed by atoms with van der Waals surface area (Å²) >= 11 is 1.34. The normalized spacial score (nSPS) is 13.7. The summed E-state index contributed by atoms with van der Waals surface area (Å²) in [5, 5.41) is 18.2. The smallest absolute Gasteiger partial charge is 0.341 e. The number of anilines is 1. The van der Waals surface area contributed by atoms with E-state index in [0.29, 0.717) is 10.6 Å². The molecule has 1 aliphatic rings. The molecule has 0 radical (unpaired) electrons. The number of aromatic nitrogens is 2. The number of hydrogen-bond acceptors (Lipinski definition) is 9. The number of nitro groups is 1. The minimum Gasteiger partial charge on any atom is -0.462 e. The van der Waals surface area contributed by atoms with Crippen molar-refractivity contribution in [2.45, 2.75) is 66.0 Å². The fraction of sp³-hybridized carbons (Fsp3) is 0.524. The molecule has 2 aromatic heterocycles. The van der Waals surface area contributed by atoms with E-state index in [4.69, 9.17) is 9.47 Å². The Hall–Kier alpha value is -3.28. The van der Waals surface area contributed by atoms with E-state index >= 15 is 0 Å². The van der Waals surface area contributed by atoms with Gasteiger partial charge in [0.25, 0.3) is 5.91 Å². The molecule has 1 atom stereocenters. The van der Waals surface area contributed by atoms with Gasteiger partial charge in [-0.2, -0.15) is 5.10 Å². The number of thiophene rings is 1. The Morgan fingerprint density at radius 1 is 1.27 bits per heavy atom. The van der Waals surface area contributed by atoms with Gasteiger partial charge in [0, 0.05) is 4.88 Å². The van der Waals surface area contributed by atoms with Crippen LogP contribution in [0.3, 0.4) is 0 Å². The minimum atomic E-state index is -1.15. The van der Waals surface area contributed by atoms with Crippen molar-refractivity contribution >= 4 is 39.9 Å². The van der Waals surface area contributed by atoms with Gasteiger partial charge in [0.05, 0.1) is 17.1 Å². The maximum atomic E-state index is 12.7. The van der Waals surface area contributed by atoms with Gasteiger partial charge < -0.3 is 14.8 Å².